The third-order valence-corrected chi connectivity index (χ3v) is 4.94. The van der Waals surface area contributed by atoms with E-state index in [9.17, 15) is 13.2 Å². The third kappa shape index (κ3) is 4.52. The molecule has 0 spiro atoms. The van der Waals surface area contributed by atoms with E-state index >= 15 is 0 Å². The van der Waals surface area contributed by atoms with Crippen LogP contribution in [0.1, 0.15) is 5.56 Å². The van der Waals surface area contributed by atoms with Crippen LogP contribution in [0.25, 0.3) is 6.08 Å². The van der Waals surface area contributed by atoms with E-state index in [1.165, 1.54) is 0 Å². The molecule has 1 heterocycles. The normalized spacial score (nSPS) is 17.8. The van der Waals surface area contributed by atoms with Gasteiger partial charge in [-0.15, -0.1) is 0 Å². The zero-order valence-corrected chi connectivity index (χ0v) is 13.7. The van der Waals surface area contributed by atoms with Crippen molar-refractivity contribution in [2.75, 3.05) is 12.3 Å². The first-order chi connectivity index (χ1) is 9.76. The lowest BCUT2D eigenvalue weighted by Gasteiger charge is -2.12. The Labute approximate surface area is 136 Å². The highest BCUT2D eigenvalue weighted by atomic mass is 35.5. The van der Waals surface area contributed by atoms with E-state index in [1.54, 1.807) is 30.3 Å². The number of rotatable bonds is 4. The number of carbonyl (C=O) groups excluding carboxylic acids is 1. The molecule has 1 aromatic rings. The van der Waals surface area contributed by atoms with Crippen LogP contribution in [-0.2, 0) is 14.9 Å². The summed E-state index contributed by atoms with van der Waals surface area (Å²) in [5.74, 6) is -0.920. The maximum atomic E-state index is 12.2. The summed E-state index contributed by atoms with van der Waals surface area (Å²) in [6.07, 6.45) is 1.66. The van der Waals surface area contributed by atoms with Gasteiger partial charge in [0, 0.05) is 11.6 Å². The van der Waals surface area contributed by atoms with Crippen LogP contribution in [-0.4, -0.2) is 40.4 Å². The smallest absolute Gasteiger partial charge is 0.266 e. The lowest BCUT2D eigenvalue weighted by Crippen LogP contribution is -2.32. The second kappa shape index (κ2) is 6.45. The molecule has 112 valence electrons. The summed E-state index contributed by atoms with van der Waals surface area (Å²) in [6.45, 7) is -0.165. The van der Waals surface area contributed by atoms with Gasteiger partial charge in [-0.3, -0.25) is 14.2 Å². The second-order valence-electron chi connectivity index (χ2n) is 4.17. The van der Waals surface area contributed by atoms with Crippen LogP contribution in [0.4, 0.5) is 0 Å². The molecule has 1 fully saturated rings. The fraction of sp³-hybridized carbons (Fsp3) is 0.167. The number of thiocarbonyl (C=S) groups is 1. The van der Waals surface area contributed by atoms with E-state index in [-0.39, 0.29) is 16.8 Å². The molecule has 1 saturated heterocycles. The quantitative estimate of drug-likeness (QED) is 0.503. The summed E-state index contributed by atoms with van der Waals surface area (Å²) in [6, 6.07) is 6.92. The second-order valence-corrected chi connectivity index (χ2v) is 7.86. The third-order valence-electron chi connectivity index (χ3n) is 2.61. The minimum atomic E-state index is -4.14. The van der Waals surface area contributed by atoms with Gasteiger partial charge in [-0.2, -0.15) is 8.42 Å². The molecule has 0 bridgehead atoms. The van der Waals surface area contributed by atoms with Crippen molar-refractivity contribution < 1.29 is 17.8 Å². The van der Waals surface area contributed by atoms with E-state index in [1.807, 2.05) is 0 Å². The number of benzene rings is 1. The standard InChI is InChI=1S/C12H10ClNO4S3/c13-9-3-1-8(2-4-9)7-10-11(15)14(12(19)20-10)5-6-21(16,17)18/h1-4,7H,5-6H2,(H,16,17,18)/b10-7+. The van der Waals surface area contributed by atoms with Crippen LogP contribution in [0, 0.1) is 0 Å². The Morgan fingerprint density at radius 2 is 1.95 bits per heavy atom. The lowest BCUT2D eigenvalue weighted by molar-refractivity contribution is -0.121. The fourth-order valence-corrected chi connectivity index (χ4v) is 3.46. The summed E-state index contributed by atoms with van der Waals surface area (Å²) in [7, 11) is -4.14. The van der Waals surface area contributed by atoms with Crippen LogP contribution in [0.15, 0.2) is 29.2 Å². The van der Waals surface area contributed by atoms with E-state index in [0.717, 1.165) is 22.2 Å². The zero-order chi connectivity index (χ0) is 15.6. The van der Waals surface area contributed by atoms with E-state index in [2.05, 4.69) is 0 Å². The van der Waals surface area contributed by atoms with Crippen molar-refractivity contribution in [2.24, 2.45) is 0 Å². The van der Waals surface area contributed by atoms with Gasteiger partial charge < -0.3 is 0 Å². The molecule has 1 aliphatic rings. The van der Waals surface area contributed by atoms with Crippen molar-refractivity contribution in [3.05, 3.63) is 39.8 Å². The molecule has 0 atom stereocenters. The summed E-state index contributed by atoms with van der Waals surface area (Å²) in [5.41, 5.74) is 0.787. The van der Waals surface area contributed by atoms with Crippen LogP contribution >= 0.6 is 35.6 Å². The molecular weight excluding hydrogens is 354 g/mol. The van der Waals surface area contributed by atoms with Gasteiger partial charge in [0.1, 0.15) is 4.32 Å². The Morgan fingerprint density at radius 3 is 2.52 bits per heavy atom. The van der Waals surface area contributed by atoms with Gasteiger partial charge in [-0.1, -0.05) is 47.7 Å². The number of amides is 1. The summed E-state index contributed by atoms with van der Waals surface area (Å²) >= 11 is 11.9. The van der Waals surface area contributed by atoms with E-state index in [0.29, 0.717) is 9.93 Å². The predicted molar refractivity (Wildman–Crippen MR) is 87.7 cm³/mol. The van der Waals surface area contributed by atoms with Crippen molar-refractivity contribution in [3.63, 3.8) is 0 Å². The number of carbonyl (C=O) groups is 1. The predicted octanol–water partition coefficient (Wildman–Crippen LogP) is 2.43. The number of hydrogen-bond donors (Lipinski definition) is 1. The summed E-state index contributed by atoms with van der Waals surface area (Å²) < 4.78 is 30.5. The van der Waals surface area contributed by atoms with Crippen molar-refractivity contribution in [3.8, 4) is 0 Å². The summed E-state index contributed by atoms with van der Waals surface area (Å²) in [5, 5.41) is 0.591. The van der Waals surface area contributed by atoms with Gasteiger partial charge in [0.2, 0.25) is 0 Å². The number of hydrogen-bond acceptors (Lipinski definition) is 5. The van der Waals surface area contributed by atoms with Crippen LogP contribution < -0.4 is 0 Å². The molecule has 5 nitrogen and oxygen atoms in total. The average molecular weight is 364 g/mol. The Kier molecular flexibility index (Phi) is 5.05. The largest absolute Gasteiger partial charge is 0.292 e. The van der Waals surface area contributed by atoms with Crippen LogP contribution in [0.5, 0.6) is 0 Å². The van der Waals surface area contributed by atoms with Crippen molar-refractivity contribution >= 4 is 62.0 Å². The SMILES string of the molecule is O=C1/C(=C\c2ccc(Cl)cc2)SC(=S)N1CCS(=O)(=O)O. The Morgan fingerprint density at radius 1 is 1.33 bits per heavy atom. The molecule has 0 aromatic heterocycles. The van der Waals surface area contributed by atoms with Crippen molar-refractivity contribution in [1.29, 1.82) is 0 Å². The molecule has 0 unspecified atom stereocenters. The minimum absolute atomic E-state index is 0.165. The van der Waals surface area contributed by atoms with Crippen molar-refractivity contribution in [1.82, 2.24) is 4.90 Å². The molecule has 0 saturated carbocycles. The van der Waals surface area contributed by atoms with Crippen LogP contribution in [0.2, 0.25) is 5.02 Å². The Hall–Kier alpha value is -0.930. The first-order valence-corrected chi connectivity index (χ1v) is 8.93. The topological polar surface area (TPSA) is 74.7 Å². The molecule has 21 heavy (non-hydrogen) atoms. The van der Waals surface area contributed by atoms with Gasteiger partial charge in [0.05, 0.1) is 10.7 Å². The van der Waals surface area contributed by atoms with Gasteiger partial charge in [-0.05, 0) is 23.8 Å². The molecule has 1 amide bonds. The van der Waals surface area contributed by atoms with Crippen LogP contribution in [0.3, 0.4) is 0 Å². The molecule has 1 aromatic carbocycles. The molecule has 1 aliphatic heterocycles. The van der Waals surface area contributed by atoms with E-state index < -0.39 is 15.9 Å². The fourth-order valence-electron chi connectivity index (χ4n) is 1.61. The monoisotopic (exact) mass is 363 g/mol. The molecule has 1 N–H and O–H groups in total. The maximum absolute atomic E-state index is 12.2. The van der Waals surface area contributed by atoms with E-state index in [4.69, 9.17) is 28.4 Å². The van der Waals surface area contributed by atoms with Gasteiger partial charge >= 0.3 is 0 Å². The van der Waals surface area contributed by atoms with Gasteiger partial charge in [-0.25, -0.2) is 0 Å². The highest BCUT2D eigenvalue weighted by Gasteiger charge is 2.32. The Balaban J connectivity index is 2.15. The van der Waals surface area contributed by atoms with Crippen molar-refractivity contribution in [2.45, 2.75) is 0 Å². The Bertz CT molecular complexity index is 713. The highest BCUT2D eigenvalue weighted by Crippen LogP contribution is 2.32. The van der Waals surface area contributed by atoms with Gasteiger partial charge in [0.15, 0.2) is 0 Å². The van der Waals surface area contributed by atoms with Gasteiger partial charge in [0.25, 0.3) is 16.0 Å². The molecule has 0 radical (unpaired) electrons. The first kappa shape index (κ1) is 16.4. The highest BCUT2D eigenvalue weighted by molar-refractivity contribution is 8.26. The minimum Gasteiger partial charge on any atom is -0.292 e. The first-order valence-electron chi connectivity index (χ1n) is 5.72. The molecule has 9 heteroatoms. The number of thioether (sulfide) groups is 1. The maximum Gasteiger partial charge on any atom is 0.266 e. The lowest BCUT2D eigenvalue weighted by atomic mass is 10.2. The number of nitrogens with zero attached hydrogens (tertiary/aromatic N) is 1. The summed E-state index contributed by atoms with van der Waals surface area (Å²) in [4.78, 5) is 13.7. The molecule has 2 rings (SSSR count). The zero-order valence-electron chi connectivity index (χ0n) is 10.5. The average Bonchev–Trinajstić information content (AvgIpc) is 2.64. The number of halogens is 1. The molecule has 0 aliphatic carbocycles. The molecular formula is C12H10ClNO4S3.